The molecule has 2 heterocycles. The van der Waals surface area contributed by atoms with Gasteiger partial charge in [-0.15, -0.1) is 0 Å². The van der Waals surface area contributed by atoms with Crippen LogP contribution in [0.4, 0.5) is 0 Å². The van der Waals surface area contributed by atoms with Gasteiger partial charge in [-0.25, -0.2) is 0 Å². The van der Waals surface area contributed by atoms with E-state index in [1.165, 1.54) is 0 Å². The molecule has 0 bridgehead atoms. The summed E-state index contributed by atoms with van der Waals surface area (Å²) >= 11 is 6.15. The Labute approximate surface area is 167 Å². The summed E-state index contributed by atoms with van der Waals surface area (Å²) in [5.74, 6) is 0.838. The van der Waals surface area contributed by atoms with Crippen molar-refractivity contribution in [2.75, 3.05) is 45.8 Å². The molecule has 2 fully saturated rings. The molecule has 3 rings (SSSR count). The maximum Gasteiger partial charge on any atom is 0.255 e. The third kappa shape index (κ3) is 5.23. The first kappa shape index (κ1) is 20.2. The van der Waals surface area contributed by atoms with Crippen molar-refractivity contribution in [1.29, 1.82) is 0 Å². The van der Waals surface area contributed by atoms with Gasteiger partial charge in [-0.05, 0) is 43.9 Å². The molecular weight excluding hydrogens is 362 g/mol. The van der Waals surface area contributed by atoms with Gasteiger partial charge < -0.3 is 14.7 Å². The summed E-state index contributed by atoms with van der Waals surface area (Å²) in [5.41, 5.74) is 0.582. The molecular formula is C21H30ClN3O2. The fraction of sp³-hybridized carbons (Fsp3) is 0.619. The number of carbonyl (C=O) groups is 2. The molecule has 5 nitrogen and oxygen atoms in total. The Hall–Kier alpha value is -1.59. The second kappa shape index (κ2) is 9.56. The topological polar surface area (TPSA) is 43.9 Å². The standard InChI is InChI=1S/C21H30ClN3O2/c1-2-23-13-15-24(16-14-23)20(26)8-7-17-9-11-25(12-10-17)21(27)18-5-3-4-6-19(18)22/h3-6,17H,2,7-16H2,1H3. The van der Waals surface area contributed by atoms with E-state index in [-0.39, 0.29) is 5.91 Å². The molecule has 148 valence electrons. The van der Waals surface area contributed by atoms with Gasteiger partial charge in [-0.2, -0.15) is 0 Å². The molecule has 1 aromatic carbocycles. The quantitative estimate of drug-likeness (QED) is 0.774. The molecule has 27 heavy (non-hydrogen) atoms. The second-order valence-electron chi connectivity index (χ2n) is 7.57. The number of halogens is 1. The fourth-order valence-corrected chi connectivity index (χ4v) is 4.25. The summed E-state index contributed by atoms with van der Waals surface area (Å²) in [6, 6.07) is 7.23. The molecule has 2 saturated heterocycles. The lowest BCUT2D eigenvalue weighted by atomic mass is 9.91. The predicted molar refractivity (Wildman–Crippen MR) is 108 cm³/mol. The average Bonchev–Trinajstić information content (AvgIpc) is 2.72. The third-order valence-electron chi connectivity index (χ3n) is 5.94. The molecule has 1 aromatic rings. The molecule has 0 unspecified atom stereocenters. The van der Waals surface area contributed by atoms with Crippen LogP contribution in [-0.2, 0) is 4.79 Å². The SMILES string of the molecule is CCN1CCN(C(=O)CCC2CCN(C(=O)c3ccccc3Cl)CC2)CC1. The van der Waals surface area contributed by atoms with Crippen LogP contribution in [0.25, 0.3) is 0 Å². The number of carbonyl (C=O) groups excluding carboxylic acids is 2. The Morgan fingerprint density at radius 1 is 1.00 bits per heavy atom. The summed E-state index contributed by atoms with van der Waals surface area (Å²) in [5, 5.41) is 0.512. The number of amides is 2. The number of likely N-dealkylation sites (N-methyl/N-ethyl adjacent to an activating group) is 1. The first-order valence-electron chi connectivity index (χ1n) is 10.1. The van der Waals surface area contributed by atoms with Gasteiger partial charge in [-0.3, -0.25) is 9.59 Å². The Balaban J connectivity index is 1.40. The van der Waals surface area contributed by atoms with Crippen LogP contribution in [0.1, 0.15) is 43.0 Å². The molecule has 0 N–H and O–H groups in total. The zero-order valence-electron chi connectivity index (χ0n) is 16.2. The van der Waals surface area contributed by atoms with Crippen LogP contribution in [0.5, 0.6) is 0 Å². The normalized spacial score (nSPS) is 19.3. The molecule has 0 aliphatic carbocycles. The zero-order valence-corrected chi connectivity index (χ0v) is 17.0. The monoisotopic (exact) mass is 391 g/mol. The number of piperidine rings is 1. The molecule has 0 spiro atoms. The number of benzene rings is 1. The number of rotatable bonds is 5. The van der Waals surface area contributed by atoms with Gasteiger partial charge in [-0.1, -0.05) is 30.7 Å². The zero-order chi connectivity index (χ0) is 19.2. The van der Waals surface area contributed by atoms with Crippen molar-refractivity contribution in [1.82, 2.24) is 14.7 Å². The average molecular weight is 392 g/mol. The van der Waals surface area contributed by atoms with Crippen molar-refractivity contribution in [2.45, 2.75) is 32.6 Å². The summed E-state index contributed by atoms with van der Waals surface area (Å²) < 4.78 is 0. The number of hydrogen-bond acceptors (Lipinski definition) is 3. The predicted octanol–water partition coefficient (Wildman–Crippen LogP) is 3.14. The summed E-state index contributed by atoms with van der Waals surface area (Å²) in [6.07, 6.45) is 3.50. The van der Waals surface area contributed by atoms with E-state index in [4.69, 9.17) is 11.6 Å². The van der Waals surface area contributed by atoms with Crippen molar-refractivity contribution < 1.29 is 9.59 Å². The molecule has 0 radical (unpaired) electrons. The molecule has 0 saturated carbocycles. The van der Waals surface area contributed by atoms with Crippen LogP contribution in [0.15, 0.2) is 24.3 Å². The number of likely N-dealkylation sites (tertiary alicyclic amines) is 1. The highest BCUT2D eigenvalue weighted by atomic mass is 35.5. The van der Waals surface area contributed by atoms with Crippen molar-refractivity contribution >= 4 is 23.4 Å². The number of hydrogen-bond donors (Lipinski definition) is 0. The highest BCUT2D eigenvalue weighted by Gasteiger charge is 2.26. The Morgan fingerprint density at radius 2 is 1.67 bits per heavy atom. The van der Waals surface area contributed by atoms with Crippen LogP contribution in [0.3, 0.4) is 0 Å². The van der Waals surface area contributed by atoms with Gasteiger partial charge in [0, 0.05) is 45.7 Å². The fourth-order valence-electron chi connectivity index (χ4n) is 4.03. The largest absolute Gasteiger partial charge is 0.340 e. The van der Waals surface area contributed by atoms with Gasteiger partial charge in [0.25, 0.3) is 5.91 Å². The van der Waals surface area contributed by atoms with E-state index in [2.05, 4.69) is 11.8 Å². The van der Waals surface area contributed by atoms with Crippen LogP contribution in [0.2, 0.25) is 5.02 Å². The molecule has 6 heteroatoms. The lowest BCUT2D eigenvalue weighted by molar-refractivity contribution is -0.133. The summed E-state index contributed by atoms with van der Waals surface area (Å²) in [7, 11) is 0. The van der Waals surface area contributed by atoms with E-state index in [9.17, 15) is 9.59 Å². The highest BCUT2D eigenvalue weighted by molar-refractivity contribution is 6.33. The number of nitrogens with zero attached hydrogens (tertiary/aromatic N) is 3. The van der Waals surface area contributed by atoms with Crippen molar-refractivity contribution in [3.63, 3.8) is 0 Å². The van der Waals surface area contributed by atoms with Crippen molar-refractivity contribution in [3.8, 4) is 0 Å². The van der Waals surface area contributed by atoms with Crippen molar-refractivity contribution in [3.05, 3.63) is 34.9 Å². The second-order valence-corrected chi connectivity index (χ2v) is 7.98. The van der Waals surface area contributed by atoms with Gasteiger partial charge in [0.05, 0.1) is 10.6 Å². The highest BCUT2D eigenvalue weighted by Crippen LogP contribution is 2.25. The minimum absolute atomic E-state index is 0.0175. The Bertz CT molecular complexity index is 651. The Kier molecular flexibility index (Phi) is 7.13. The van der Waals surface area contributed by atoms with Gasteiger partial charge in [0.1, 0.15) is 0 Å². The third-order valence-corrected chi connectivity index (χ3v) is 6.27. The van der Waals surface area contributed by atoms with E-state index in [1.807, 2.05) is 21.9 Å². The Morgan fingerprint density at radius 3 is 2.30 bits per heavy atom. The van der Waals surface area contributed by atoms with Crippen LogP contribution in [0, 0.1) is 5.92 Å². The minimum atomic E-state index is 0.0175. The van der Waals surface area contributed by atoms with E-state index in [0.29, 0.717) is 28.8 Å². The summed E-state index contributed by atoms with van der Waals surface area (Å²) in [6.45, 7) is 8.43. The van der Waals surface area contributed by atoms with Crippen LogP contribution < -0.4 is 0 Å². The van der Waals surface area contributed by atoms with E-state index in [1.54, 1.807) is 12.1 Å². The summed E-state index contributed by atoms with van der Waals surface area (Å²) in [4.78, 5) is 31.4. The smallest absolute Gasteiger partial charge is 0.255 e. The number of piperazine rings is 1. The maximum atomic E-state index is 12.6. The molecule has 0 aromatic heterocycles. The first-order valence-corrected chi connectivity index (χ1v) is 10.5. The first-order chi connectivity index (χ1) is 13.1. The van der Waals surface area contributed by atoms with Gasteiger partial charge >= 0.3 is 0 Å². The molecule has 2 amide bonds. The maximum absolute atomic E-state index is 12.6. The van der Waals surface area contributed by atoms with Crippen LogP contribution >= 0.6 is 11.6 Å². The minimum Gasteiger partial charge on any atom is -0.340 e. The lowest BCUT2D eigenvalue weighted by Gasteiger charge is -2.35. The molecule has 2 aliphatic heterocycles. The van der Waals surface area contributed by atoms with E-state index >= 15 is 0 Å². The van der Waals surface area contributed by atoms with Gasteiger partial charge in [0.2, 0.25) is 5.91 Å². The molecule has 0 atom stereocenters. The van der Waals surface area contributed by atoms with Crippen LogP contribution in [-0.4, -0.2) is 72.3 Å². The molecule has 2 aliphatic rings. The van der Waals surface area contributed by atoms with Crippen molar-refractivity contribution in [2.24, 2.45) is 5.92 Å². The lowest BCUT2D eigenvalue weighted by Crippen LogP contribution is -2.48. The van der Waals surface area contributed by atoms with E-state index < -0.39 is 0 Å². The van der Waals surface area contributed by atoms with Gasteiger partial charge in [0.15, 0.2) is 0 Å². The van der Waals surface area contributed by atoms with E-state index in [0.717, 1.165) is 65.1 Å².